The van der Waals surface area contributed by atoms with Gasteiger partial charge in [-0.05, 0) is 0 Å². The zero-order chi connectivity index (χ0) is 7.28. The standard InChI is InChI=1S/C4H7NO4/c5-3(9-2-6)1-4(7)8/h2-3H,1,5H2,(H,7,8). The molecule has 0 rings (SSSR count). The summed E-state index contributed by atoms with van der Waals surface area (Å²) in [5.74, 6) is -1.09. The summed E-state index contributed by atoms with van der Waals surface area (Å²) in [7, 11) is 0. The van der Waals surface area contributed by atoms with Gasteiger partial charge in [-0.2, -0.15) is 0 Å². The van der Waals surface area contributed by atoms with Gasteiger partial charge < -0.3 is 9.84 Å². The first-order valence-electron chi connectivity index (χ1n) is 2.23. The molecular weight excluding hydrogens is 126 g/mol. The predicted octanol–water partition coefficient (Wildman–Crippen LogP) is -1.08. The Hall–Kier alpha value is -1.10. The number of carboxylic acids is 1. The lowest BCUT2D eigenvalue weighted by Gasteiger charge is -2.03. The van der Waals surface area contributed by atoms with E-state index in [0.717, 1.165) is 0 Å². The summed E-state index contributed by atoms with van der Waals surface area (Å²) >= 11 is 0. The van der Waals surface area contributed by atoms with E-state index >= 15 is 0 Å². The molecule has 0 aliphatic heterocycles. The molecule has 0 aromatic carbocycles. The number of carbonyl (C=O) groups excluding carboxylic acids is 1. The highest BCUT2D eigenvalue weighted by Gasteiger charge is 2.06. The molecule has 0 saturated heterocycles. The van der Waals surface area contributed by atoms with Crippen LogP contribution in [0.4, 0.5) is 0 Å². The average molecular weight is 133 g/mol. The molecule has 1 atom stereocenters. The summed E-state index contributed by atoms with van der Waals surface area (Å²) in [6, 6.07) is 0. The van der Waals surface area contributed by atoms with Crippen LogP contribution in [-0.2, 0) is 14.3 Å². The van der Waals surface area contributed by atoms with Crippen LogP contribution in [0.2, 0.25) is 0 Å². The zero-order valence-corrected chi connectivity index (χ0v) is 4.61. The van der Waals surface area contributed by atoms with E-state index in [1.165, 1.54) is 0 Å². The van der Waals surface area contributed by atoms with E-state index in [2.05, 4.69) is 4.74 Å². The van der Waals surface area contributed by atoms with Crippen molar-refractivity contribution in [1.82, 2.24) is 0 Å². The number of nitrogens with two attached hydrogens (primary N) is 1. The summed E-state index contributed by atoms with van der Waals surface area (Å²) < 4.78 is 4.07. The maximum Gasteiger partial charge on any atom is 0.308 e. The second kappa shape index (κ2) is 3.85. The van der Waals surface area contributed by atoms with Crippen LogP contribution >= 0.6 is 0 Å². The van der Waals surface area contributed by atoms with Crippen molar-refractivity contribution in [3.05, 3.63) is 0 Å². The fourth-order valence-electron chi connectivity index (χ4n) is 0.292. The van der Waals surface area contributed by atoms with Gasteiger partial charge >= 0.3 is 5.97 Å². The molecule has 3 N–H and O–H groups in total. The van der Waals surface area contributed by atoms with Crippen molar-refractivity contribution in [1.29, 1.82) is 0 Å². The first-order valence-corrected chi connectivity index (χ1v) is 2.23. The first-order chi connectivity index (χ1) is 4.16. The molecule has 0 amide bonds. The van der Waals surface area contributed by atoms with Crippen molar-refractivity contribution in [2.45, 2.75) is 12.6 Å². The second-order valence-corrected chi connectivity index (χ2v) is 1.37. The molecule has 0 fully saturated rings. The van der Waals surface area contributed by atoms with Crippen molar-refractivity contribution < 1.29 is 19.4 Å². The summed E-state index contributed by atoms with van der Waals surface area (Å²) in [5.41, 5.74) is 4.95. The summed E-state index contributed by atoms with van der Waals surface area (Å²) in [4.78, 5) is 19.3. The Kier molecular flexibility index (Phi) is 3.38. The lowest BCUT2D eigenvalue weighted by atomic mass is 10.4. The predicted molar refractivity (Wildman–Crippen MR) is 27.4 cm³/mol. The number of carbonyl (C=O) groups is 2. The largest absolute Gasteiger partial charge is 0.481 e. The summed E-state index contributed by atoms with van der Waals surface area (Å²) in [6.45, 7) is 0.119. The van der Waals surface area contributed by atoms with Crippen LogP contribution < -0.4 is 5.73 Å². The Balaban J connectivity index is 3.37. The van der Waals surface area contributed by atoms with Gasteiger partial charge in [0.1, 0.15) is 0 Å². The quantitative estimate of drug-likeness (QED) is 0.376. The third-order valence-electron chi connectivity index (χ3n) is 0.606. The maximum atomic E-state index is 9.81. The monoisotopic (exact) mass is 133 g/mol. The molecule has 0 heterocycles. The maximum absolute atomic E-state index is 9.81. The van der Waals surface area contributed by atoms with Crippen LogP contribution in [0, 0.1) is 0 Å². The molecule has 0 saturated carbocycles. The fraction of sp³-hybridized carbons (Fsp3) is 0.500. The van der Waals surface area contributed by atoms with Crippen LogP contribution in [-0.4, -0.2) is 23.8 Å². The molecule has 5 nitrogen and oxygen atoms in total. The Morgan fingerprint density at radius 1 is 1.89 bits per heavy atom. The number of aliphatic carboxylic acids is 1. The number of hydrogen-bond donors (Lipinski definition) is 2. The van der Waals surface area contributed by atoms with Gasteiger partial charge in [0.05, 0.1) is 6.42 Å². The molecule has 0 aliphatic rings. The summed E-state index contributed by atoms with van der Waals surface area (Å²) in [5, 5.41) is 8.03. The van der Waals surface area contributed by atoms with E-state index < -0.39 is 12.2 Å². The van der Waals surface area contributed by atoms with Gasteiger partial charge in [0.15, 0.2) is 6.23 Å². The highest BCUT2D eigenvalue weighted by Crippen LogP contribution is 1.86. The minimum atomic E-state index is -1.09. The average Bonchev–Trinajstić information content (AvgIpc) is 1.63. The molecule has 0 spiro atoms. The molecule has 5 heteroatoms. The smallest absolute Gasteiger partial charge is 0.308 e. The lowest BCUT2D eigenvalue weighted by molar-refractivity contribution is -0.143. The van der Waals surface area contributed by atoms with Crippen molar-refractivity contribution >= 4 is 12.4 Å². The Morgan fingerprint density at radius 2 is 2.44 bits per heavy atom. The van der Waals surface area contributed by atoms with E-state index in [1.807, 2.05) is 0 Å². The first kappa shape index (κ1) is 7.90. The molecule has 0 bridgehead atoms. The third-order valence-corrected chi connectivity index (χ3v) is 0.606. The topological polar surface area (TPSA) is 89.6 Å². The van der Waals surface area contributed by atoms with Gasteiger partial charge in [0.25, 0.3) is 6.47 Å². The van der Waals surface area contributed by atoms with Gasteiger partial charge in [-0.25, -0.2) is 0 Å². The van der Waals surface area contributed by atoms with Gasteiger partial charge in [0.2, 0.25) is 0 Å². The minimum Gasteiger partial charge on any atom is -0.481 e. The minimum absolute atomic E-state index is 0.119. The van der Waals surface area contributed by atoms with Gasteiger partial charge in [-0.15, -0.1) is 0 Å². The van der Waals surface area contributed by atoms with Gasteiger partial charge in [0, 0.05) is 0 Å². The van der Waals surface area contributed by atoms with E-state index in [4.69, 9.17) is 10.8 Å². The Labute approximate surface area is 51.4 Å². The van der Waals surface area contributed by atoms with E-state index in [0.29, 0.717) is 0 Å². The molecule has 0 radical (unpaired) electrons. The van der Waals surface area contributed by atoms with Gasteiger partial charge in [-0.1, -0.05) is 0 Å². The highest BCUT2D eigenvalue weighted by molar-refractivity contribution is 5.67. The van der Waals surface area contributed by atoms with Crippen molar-refractivity contribution in [3.63, 3.8) is 0 Å². The van der Waals surface area contributed by atoms with Crippen LogP contribution in [0.3, 0.4) is 0 Å². The molecule has 1 unspecified atom stereocenters. The van der Waals surface area contributed by atoms with Crippen molar-refractivity contribution in [2.24, 2.45) is 5.73 Å². The SMILES string of the molecule is NC(CC(=O)O)OC=O. The highest BCUT2D eigenvalue weighted by atomic mass is 16.5. The molecule has 0 aromatic heterocycles. The molecule has 0 aliphatic carbocycles. The molecule has 52 valence electrons. The molecule has 0 aromatic rings. The Morgan fingerprint density at radius 3 is 2.78 bits per heavy atom. The number of carboxylic acid groups (broad SMARTS) is 1. The number of hydrogen-bond acceptors (Lipinski definition) is 4. The summed E-state index contributed by atoms with van der Waals surface area (Å²) in [6.07, 6.45) is -1.39. The van der Waals surface area contributed by atoms with Gasteiger partial charge in [-0.3, -0.25) is 15.3 Å². The lowest BCUT2D eigenvalue weighted by Crippen LogP contribution is -2.26. The zero-order valence-electron chi connectivity index (χ0n) is 4.61. The van der Waals surface area contributed by atoms with Crippen LogP contribution in [0.1, 0.15) is 6.42 Å². The number of rotatable bonds is 4. The fourth-order valence-corrected chi connectivity index (χ4v) is 0.292. The van der Waals surface area contributed by atoms with E-state index in [9.17, 15) is 9.59 Å². The Bertz CT molecular complexity index is 113. The van der Waals surface area contributed by atoms with E-state index in [1.54, 1.807) is 0 Å². The number of ether oxygens (including phenoxy) is 1. The second-order valence-electron chi connectivity index (χ2n) is 1.37. The van der Waals surface area contributed by atoms with Crippen molar-refractivity contribution in [2.75, 3.05) is 0 Å². The van der Waals surface area contributed by atoms with Crippen LogP contribution in [0.15, 0.2) is 0 Å². The van der Waals surface area contributed by atoms with Crippen molar-refractivity contribution in [3.8, 4) is 0 Å². The van der Waals surface area contributed by atoms with E-state index in [-0.39, 0.29) is 12.9 Å². The van der Waals surface area contributed by atoms with Crippen LogP contribution in [0.5, 0.6) is 0 Å². The van der Waals surface area contributed by atoms with Crippen LogP contribution in [0.25, 0.3) is 0 Å². The molecule has 9 heavy (non-hydrogen) atoms. The third kappa shape index (κ3) is 4.76. The molecular formula is C4H7NO4. The normalized spacial score (nSPS) is 12.1.